The van der Waals surface area contributed by atoms with Gasteiger partial charge >= 0.3 is 6.18 Å². The number of hydrogen-bond donors (Lipinski definition) is 2. The smallest absolute Gasteiger partial charge is 0.354 e. The van der Waals surface area contributed by atoms with Crippen LogP contribution in [-0.4, -0.2) is 26.6 Å². The predicted octanol–water partition coefficient (Wildman–Crippen LogP) is 6.72. The maximum atomic E-state index is 13.8. The summed E-state index contributed by atoms with van der Waals surface area (Å²) in [5.74, 6) is -1.87. The molecule has 0 bridgehead atoms. The second-order valence-electron chi connectivity index (χ2n) is 9.69. The molecule has 0 saturated heterocycles. The van der Waals surface area contributed by atoms with Gasteiger partial charge in [0.15, 0.2) is 0 Å². The molecule has 0 fully saturated rings. The number of hydrogen-bond acceptors (Lipinski definition) is 3. The molecule has 3 aromatic heterocycles. The minimum absolute atomic E-state index is 0.00656. The number of anilines is 1. The van der Waals surface area contributed by atoms with Gasteiger partial charge in [0, 0.05) is 36.1 Å². The summed E-state index contributed by atoms with van der Waals surface area (Å²) in [5, 5.41) is 2.72. The highest BCUT2D eigenvalue weighted by molar-refractivity contribution is 6.05. The van der Waals surface area contributed by atoms with Crippen LogP contribution in [0.2, 0.25) is 0 Å². The Hall–Kier alpha value is -4.80. The molecule has 1 atom stereocenters. The fourth-order valence-electron chi connectivity index (χ4n) is 4.75. The van der Waals surface area contributed by atoms with Crippen LogP contribution in [0.5, 0.6) is 0 Å². The lowest BCUT2D eigenvalue weighted by Crippen LogP contribution is -2.20. The summed E-state index contributed by atoms with van der Waals surface area (Å²) in [4.78, 5) is 33.4. The van der Waals surface area contributed by atoms with Crippen molar-refractivity contribution < 1.29 is 26.7 Å². The molecule has 0 spiro atoms. The van der Waals surface area contributed by atoms with Crippen molar-refractivity contribution in [1.82, 2.24) is 14.5 Å². The van der Waals surface area contributed by atoms with E-state index in [1.165, 1.54) is 67.8 Å². The van der Waals surface area contributed by atoms with Gasteiger partial charge in [0.25, 0.3) is 5.56 Å². The molecule has 210 valence electrons. The molecule has 2 N–H and O–H groups in total. The molecule has 0 radical (unpaired) electrons. The molecule has 0 saturated carbocycles. The molecule has 5 aromatic rings. The minimum atomic E-state index is -4.54. The molecule has 1 unspecified atom stereocenters. The van der Waals surface area contributed by atoms with Crippen molar-refractivity contribution in [1.29, 1.82) is 0 Å². The normalized spacial score (nSPS) is 12.5. The number of alkyl halides is 3. The number of halogens is 5. The quantitative estimate of drug-likeness (QED) is 0.224. The van der Waals surface area contributed by atoms with E-state index in [4.69, 9.17) is 0 Å². The Balaban J connectivity index is 1.63. The third-order valence-corrected chi connectivity index (χ3v) is 6.79. The monoisotopic (exact) mass is 566 g/mol. The lowest BCUT2D eigenvalue weighted by Gasteiger charge is -2.13. The summed E-state index contributed by atoms with van der Waals surface area (Å²) in [6.07, 6.45) is -3.27. The molecular formula is C30H23F5N4O2. The summed E-state index contributed by atoms with van der Waals surface area (Å²) >= 11 is 0. The number of aromatic amines is 1. The van der Waals surface area contributed by atoms with Crippen molar-refractivity contribution >= 4 is 22.6 Å². The van der Waals surface area contributed by atoms with E-state index in [0.29, 0.717) is 22.4 Å². The summed E-state index contributed by atoms with van der Waals surface area (Å²) in [5.41, 5.74) is 1.31. The zero-order valence-electron chi connectivity index (χ0n) is 21.8. The molecule has 6 nitrogen and oxygen atoms in total. The zero-order valence-corrected chi connectivity index (χ0v) is 21.8. The number of amides is 1. The molecule has 41 heavy (non-hydrogen) atoms. The average molecular weight is 567 g/mol. The van der Waals surface area contributed by atoms with Gasteiger partial charge in [-0.25, -0.2) is 13.8 Å². The Kier molecular flexibility index (Phi) is 7.20. The third kappa shape index (κ3) is 5.74. The first kappa shape index (κ1) is 27.8. The Morgan fingerprint density at radius 2 is 1.63 bits per heavy atom. The largest absolute Gasteiger partial charge is 0.393 e. The molecule has 0 aliphatic carbocycles. The predicted molar refractivity (Wildman–Crippen MR) is 145 cm³/mol. The molecule has 0 aliphatic heterocycles. The Morgan fingerprint density at radius 1 is 1.00 bits per heavy atom. The molecule has 2 aromatic carbocycles. The molecule has 5 rings (SSSR count). The maximum absolute atomic E-state index is 13.8. The Labute approximate surface area is 230 Å². The van der Waals surface area contributed by atoms with E-state index in [0.717, 1.165) is 10.8 Å². The summed E-state index contributed by atoms with van der Waals surface area (Å²) in [6, 6.07) is 13.9. The minimum Gasteiger partial charge on any atom is -0.354 e. The lowest BCUT2D eigenvalue weighted by molar-refractivity contribution is -0.127. The second kappa shape index (κ2) is 10.6. The van der Waals surface area contributed by atoms with Crippen LogP contribution in [0.4, 0.5) is 27.8 Å². The summed E-state index contributed by atoms with van der Waals surface area (Å²) < 4.78 is 68.6. The van der Waals surface area contributed by atoms with Crippen molar-refractivity contribution in [3.8, 4) is 22.4 Å². The van der Waals surface area contributed by atoms with Crippen LogP contribution in [0.25, 0.3) is 33.3 Å². The lowest BCUT2D eigenvalue weighted by atomic mass is 9.98. The van der Waals surface area contributed by atoms with Gasteiger partial charge in [0.2, 0.25) is 5.91 Å². The van der Waals surface area contributed by atoms with Crippen LogP contribution < -0.4 is 10.9 Å². The zero-order chi connectivity index (χ0) is 29.5. The van der Waals surface area contributed by atoms with Gasteiger partial charge < -0.3 is 14.9 Å². The van der Waals surface area contributed by atoms with Gasteiger partial charge in [-0.3, -0.25) is 9.59 Å². The van der Waals surface area contributed by atoms with E-state index < -0.39 is 41.6 Å². The number of aromatic nitrogens is 3. The number of nitrogens with one attached hydrogen (secondary N) is 2. The first-order valence-corrected chi connectivity index (χ1v) is 12.5. The standard InChI is InChI=1S/C30H23F5N4O2/c1-16(17-3-7-21(31)8-4-17)28(40)37-23-13-19(11-12-36-23)26-24(18-5-9-22(32)10-6-18)25-27(38-26)20(14-30(33,34)35)15-39(2)29(25)41/h3-13,15-16,38H,14H2,1-2H3,(H,36,37,40). The van der Waals surface area contributed by atoms with Crippen LogP contribution in [0.1, 0.15) is 24.0 Å². The summed E-state index contributed by atoms with van der Waals surface area (Å²) in [6.45, 7) is 1.65. The third-order valence-electron chi connectivity index (χ3n) is 6.79. The van der Waals surface area contributed by atoms with Gasteiger partial charge in [-0.2, -0.15) is 13.2 Å². The van der Waals surface area contributed by atoms with Crippen LogP contribution >= 0.6 is 0 Å². The molecular weight excluding hydrogens is 543 g/mol. The molecule has 3 heterocycles. The SMILES string of the molecule is CC(C(=O)Nc1cc(-c2[nH]c3c(CC(F)(F)F)cn(C)c(=O)c3c2-c2ccc(F)cc2)ccn1)c1ccc(F)cc1. The van der Waals surface area contributed by atoms with Gasteiger partial charge in [-0.15, -0.1) is 0 Å². The van der Waals surface area contributed by atoms with Crippen LogP contribution in [-0.2, 0) is 18.3 Å². The highest BCUT2D eigenvalue weighted by Gasteiger charge is 2.31. The van der Waals surface area contributed by atoms with Gasteiger partial charge in [0.1, 0.15) is 17.5 Å². The Morgan fingerprint density at radius 3 is 2.27 bits per heavy atom. The number of fused-ring (bicyclic) bond motifs is 1. The van der Waals surface area contributed by atoms with E-state index in [1.807, 2.05) is 0 Å². The van der Waals surface area contributed by atoms with E-state index in [-0.39, 0.29) is 27.8 Å². The van der Waals surface area contributed by atoms with Crippen LogP contribution in [0, 0.1) is 11.6 Å². The highest BCUT2D eigenvalue weighted by Crippen LogP contribution is 2.39. The number of carbonyl (C=O) groups excluding carboxylic acids is 1. The fraction of sp³-hybridized carbons (Fsp3) is 0.167. The molecule has 1 amide bonds. The van der Waals surface area contributed by atoms with Gasteiger partial charge in [0.05, 0.1) is 28.9 Å². The maximum Gasteiger partial charge on any atom is 0.393 e. The van der Waals surface area contributed by atoms with E-state index >= 15 is 0 Å². The van der Waals surface area contributed by atoms with Gasteiger partial charge in [-0.1, -0.05) is 24.3 Å². The van der Waals surface area contributed by atoms with E-state index in [9.17, 15) is 31.5 Å². The van der Waals surface area contributed by atoms with Gasteiger partial charge in [-0.05, 0) is 54.4 Å². The van der Waals surface area contributed by atoms with E-state index in [2.05, 4.69) is 15.3 Å². The number of nitrogens with zero attached hydrogens (tertiary/aromatic N) is 2. The molecule has 0 aliphatic rings. The number of pyridine rings is 2. The van der Waals surface area contributed by atoms with Crippen LogP contribution in [0.3, 0.4) is 0 Å². The first-order valence-electron chi connectivity index (χ1n) is 12.5. The fourth-order valence-corrected chi connectivity index (χ4v) is 4.75. The molecule has 11 heteroatoms. The average Bonchev–Trinajstić information content (AvgIpc) is 3.33. The van der Waals surface area contributed by atoms with Crippen molar-refractivity contribution in [2.24, 2.45) is 7.05 Å². The van der Waals surface area contributed by atoms with Crippen molar-refractivity contribution in [2.75, 3.05) is 5.32 Å². The second-order valence-corrected chi connectivity index (χ2v) is 9.69. The van der Waals surface area contributed by atoms with Crippen molar-refractivity contribution in [3.63, 3.8) is 0 Å². The number of carbonyl (C=O) groups is 1. The van der Waals surface area contributed by atoms with Crippen LogP contribution in [0.15, 0.2) is 77.9 Å². The number of benzene rings is 2. The highest BCUT2D eigenvalue weighted by atomic mass is 19.4. The number of rotatable bonds is 6. The van der Waals surface area contributed by atoms with Crippen molar-refractivity contribution in [2.45, 2.75) is 25.4 Å². The topological polar surface area (TPSA) is 79.8 Å². The Bertz CT molecular complexity index is 1810. The number of H-pyrrole nitrogens is 1. The number of aryl methyl sites for hydroxylation is 1. The van der Waals surface area contributed by atoms with E-state index in [1.54, 1.807) is 13.0 Å². The van der Waals surface area contributed by atoms with Crippen molar-refractivity contribution in [3.05, 3.63) is 106 Å². The summed E-state index contributed by atoms with van der Waals surface area (Å²) in [7, 11) is 1.37. The first-order chi connectivity index (χ1) is 19.4.